The molecule has 0 heterocycles. The van der Waals surface area contributed by atoms with Crippen LogP contribution in [-0.2, 0) is 4.79 Å². The highest BCUT2D eigenvalue weighted by molar-refractivity contribution is 5.75. The van der Waals surface area contributed by atoms with E-state index < -0.39 is 12.0 Å². The van der Waals surface area contributed by atoms with Crippen molar-refractivity contribution in [1.82, 2.24) is 11.0 Å². The Balaban J connectivity index is 3.83. The van der Waals surface area contributed by atoms with Gasteiger partial charge in [-0.3, -0.25) is 16.3 Å². The number of carboxylic acid groups (broad SMARTS) is 1. The summed E-state index contributed by atoms with van der Waals surface area (Å²) in [5.74, 6) is 3.95. The number of hydrogen-bond donors (Lipinski definition) is 5. The lowest BCUT2D eigenvalue weighted by atomic mass is 10.1. The Labute approximate surface area is 82.5 Å². The van der Waals surface area contributed by atoms with Crippen molar-refractivity contribution in [3.8, 4) is 0 Å². The van der Waals surface area contributed by atoms with E-state index in [4.69, 9.17) is 16.7 Å². The van der Waals surface area contributed by atoms with Gasteiger partial charge >= 0.3 is 5.97 Å². The lowest BCUT2D eigenvalue weighted by Crippen LogP contribution is -2.37. The second-order valence-corrected chi connectivity index (χ2v) is 2.71. The first-order valence-electron chi connectivity index (χ1n) is 4.38. The average Bonchev–Trinajstić information content (AvgIpc) is 2.15. The molecule has 0 aromatic heterocycles. The Hall–Kier alpha value is -1.18. The monoisotopic (exact) mass is 203 g/mol. The quantitative estimate of drug-likeness (QED) is 0.108. The van der Waals surface area contributed by atoms with Crippen molar-refractivity contribution >= 4 is 12.3 Å². The Morgan fingerprint density at radius 1 is 1.57 bits per heavy atom. The molecule has 14 heavy (non-hydrogen) atoms. The molecule has 0 radical (unpaired) electrons. The molecule has 0 bridgehead atoms. The molecule has 0 amide bonds. The average molecular weight is 203 g/mol. The van der Waals surface area contributed by atoms with Gasteiger partial charge in [0.05, 0.1) is 6.34 Å². The zero-order valence-electron chi connectivity index (χ0n) is 7.94. The fraction of sp³-hybridized carbons (Fsp3) is 0.714. The molecule has 0 aliphatic heterocycles. The zero-order valence-corrected chi connectivity index (χ0v) is 7.94. The van der Waals surface area contributed by atoms with Crippen molar-refractivity contribution in [2.24, 2.45) is 16.6 Å². The van der Waals surface area contributed by atoms with Gasteiger partial charge < -0.3 is 10.8 Å². The molecule has 0 saturated heterocycles. The predicted molar refractivity (Wildman–Crippen MR) is 53.3 cm³/mol. The van der Waals surface area contributed by atoms with E-state index in [9.17, 15) is 4.79 Å². The zero-order chi connectivity index (χ0) is 10.8. The highest BCUT2D eigenvalue weighted by atomic mass is 16.4. The number of nitrogens with zero attached hydrogens (tertiary/aromatic N) is 1. The van der Waals surface area contributed by atoms with Crippen LogP contribution in [0.2, 0.25) is 0 Å². The summed E-state index contributed by atoms with van der Waals surface area (Å²) in [4.78, 5) is 14.4. The van der Waals surface area contributed by atoms with Crippen molar-refractivity contribution in [2.75, 3.05) is 6.54 Å². The molecule has 1 unspecified atom stereocenters. The number of nitrogens with two attached hydrogens (primary N) is 2. The number of unbranched alkanes of at least 4 members (excludes halogenated alkanes) is 1. The number of aliphatic carboxylic acids is 1. The molecule has 0 aromatic rings. The second kappa shape index (κ2) is 8.42. The van der Waals surface area contributed by atoms with Crippen LogP contribution in [0.5, 0.6) is 0 Å². The predicted octanol–water partition coefficient (Wildman–Crippen LogP) is -1.44. The second-order valence-electron chi connectivity index (χ2n) is 2.71. The Morgan fingerprint density at radius 2 is 2.29 bits per heavy atom. The van der Waals surface area contributed by atoms with Crippen LogP contribution < -0.4 is 22.5 Å². The van der Waals surface area contributed by atoms with Crippen molar-refractivity contribution in [3.63, 3.8) is 0 Å². The molecule has 82 valence electrons. The van der Waals surface area contributed by atoms with Crippen LogP contribution in [0.4, 0.5) is 0 Å². The van der Waals surface area contributed by atoms with E-state index in [1.165, 1.54) is 6.34 Å². The summed E-state index contributed by atoms with van der Waals surface area (Å²) >= 11 is 0. The van der Waals surface area contributed by atoms with Crippen LogP contribution in [0.3, 0.4) is 0 Å². The molecule has 7 N–H and O–H groups in total. The maximum atomic E-state index is 10.7. The van der Waals surface area contributed by atoms with Crippen LogP contribution >= 0.6 is 0 Å². The van der Waals surface area contributed by atoms with Gasteiger partial charge in [0, 0.05) is 0 Å². The third kappa shape index (κ3) is 6.35. The molecule has 0 rings (SSSR count). The van der Waals surface area contributed by atoms with Crippen molar-refractivity contribution in [2.45, 2.75) is 25.3 Å². The third-order valence-corrected chi connectivity index (χ3v) is 1.62. The van der Waals surface area contributed by atoms with Gasteiger partial charge in [0.25, 0.3) is 0 Å². The molecular formula is C7H17N5O2. The summed E-state index contributed by atoms with van der Waals surface area (Å²) < 4.78 is 0. The number of carboxylic acids is 1. The smallest absolute Gasteiger partial charge is 0.328 e. The first-order valence-corrected chi connectivity index (χ1v) is 4.38. The van der Waals surface area contributed by atoms with Gasteiger partial charge in [-0.05, 0) is 25.8 Å². The third-order valence-electron chi connectivity index (χ3n) is 1.62. The van der Waals surface area contributed by atoms with E-state index in [1.807, 2.05) is 0 Å². The SMILES string of the molecule is NCCCCC(N=CNNN)C(=O)O. The summed E-state index contributed by atoms with van der Waals surface area (Å²) in [6.45, 7) is 0.568. The van der Waals surface area contributed by atoms with Crippen LogP contribution in [0.1, 0.15) is 19.3 Å². The minimum absolute atomic E-state index is 0.481. The van der Waals surface area contributed by atoms with Crippen molar-refractivity contribution in [1.29, 1.82) is 0 Å². The molecular weight excluding hydrogens is 186 g/mol. The topological polar surface area (TPSA) is 126 Å². The molecule has 1 atom stereocenters. The lowest BCUT2D eigenvalue weighted by Gasteiger charge is -2.06. The van der Waals surface area contributed by atoms with E-state index in [1.54, 1.807) is 0 Å². The molecule has 7 heteroatoms. The fourth-order valence-electron chi connectivity index (χ4n) is 0.908. The lowest BCUT2D eigenvalue weighted by molar-refractivity contribution is -0.138. The maximum absolute atomic E-state index is 10.7. The fourth-order valence-corrected chi connectivity index (χ4v) is 0.908. The first-order chi connectivity index (χ1) is 6.72. The van der Waals surface area contributed by atoms with Gasteiger partial charge in [-0.1, -0.05) is 0 Å². The minimum Gasteiger partial charge on any atom is -0.480 e. The number of aliphatic imine (C=N–C) groups is 1. The van der Waals surface area contributed by atoms with Gasteiger partial charge in [0.1, 0.15) is 6.04 Å². The molecule has 7 nitrogen and oxygen atoms in total. The number of nitrogens with one attached hydrogen (secondary N) is 2. The van der Waals surface area contributed by atoms with Crippen molar-refractivity contribution < 1.29 is 9.90 Å². The number of hydrogen-bond acceptors (Lipinski definition) is 5. The Bertz CT molecular complexity index is 185. The molecule has 0 saturated carbocycles. The summed E-state index contributed by atoms with van der Waals surface area (Å²) in [7, 11) is 0. The summed E-state index contributed by atoms with van der Waals surface area (Å²) in [6.07, 6.45) is 3.26. The highest BCUT2D eigenvalue weighted by Crippen LogP contribution is 2.03. The largest absolute Gasteiger partial charge is 0.480 e. The normalized spacial score (nSPS) is 13.0. The maximum Gasteiger partial charge on any atom is 0.328 e. The van der Waals surface area contributed by atoms with Crippen LogP contribution in [0, 0.1) is 0 Å². The Kier molecular flexibility index (Phi) is 7.71. The highest BCUT2D eigenvalue weighted by Gasteiger charge is 2.13. The Morgan fingerprint density at radius 3 is 2.79 bits per heavy atom. The van der Waals surface area contributed by atoms with Crippen LogP contribution in [0.15, 0.2) is 4.99 Å². The molecule has 0 aliphatic rings. The van der Waals surface area contributed by atoms with Crippen LogP contribution in [0.25, 0.3) is 0 Å². The van der Waals surface area contributed by atoms with E-state index in [0.717, 1.165) is 12.8 Å². The van der Waals surface area contributed by atoms with Gasteiger partial charge in [-0.15, -0.1) is 0 Å². The van der Waals surface area contributed by atoms with Gasteiger partial charge in [-0.2, -0.15) is 5.53 Å². The van der Waals surface area contributed by atoms with Gasteiger partial charge in [0.2, 0.25) is 0 Å². The minimum atomic E-state index is -0.947. The van der Waals surface area contributed by atoms with E-state index in [2.05, 4.69) is 16.0 Å². The summed E-state index contributed by atoms with van der Waals surface area (Å²) in [5, 5.41) is 8.75. The summed E-state index contributed by atoms with van der Waals surface area (Å²) in [6, 6.07) is -0.734. The number of carbonyl (C=O) groups is 1. The van der Waals surface area contributed by atoms with Crippen LogP contribution in [-0.4, -0.2) is 30.0 Å². The van der Waals surface area contributed by atoms with E-state index >= 15 is 0 Å². The van der Waals surface area contributed by atoms with Gasteiger partial charge in [0.15, 0.2) is 0 Å². The molecule has 0 aromatic carbocycles. The number of hydrazine groups is 2. The summed E-state index contributed by atoms with van der Waals surface area (Å²) in [5.41, 5.74) is 9.78. The first kappa shape index (κ1) is 12.8. The molecule has 0 spiro atoms. The molecule has 0 fully saturated rings. The standard InChI is InChI=1S/C7H17N5O2/c8-4-2-1-3-6(7(13)14)10-5-11-12-9/h5-6,12H,1-4,8-9H2,(H,10,11)(H,13,14). The van der Waals surface area contributed by atoms with E-state index in [-0.39, 0.29) is 0 Å². The molecule has 0 aliphatic carbocycles. The number of rotatable bonds is 8. The van der Waals surface area contributed by atoms with E-state index in [0.29, 0.717) is 13.0 Å². The van der Waals surface area contributed by atoms with Gasteiger partial charge in [-0.25, -0.2) is 4.79 Å². The van der Waals surface area contributed by atoms with Crippen molar-refractivity contribution in [3.05, 3.63) is 0 Å².